The molecule has 0 bridgehead atoms. The van der Waals surface area contributed by atoms with E-state index in [4.69, 9.17) is 11.6 Å². The molecule has 4 aromatic rings. The normalized spacial score (nSPS) is 13.8. The summed E-state index contributed by atoms with van der Waals surface area (Å²) < 4.78 is 1.67. The molecule has 0 atom stereocenters. The molecule has 0 spiro atoms. The standard InChI is InChI=1S/C28H26ClN5O2/c29-25-14-13-21(16-23(25)27(35)31-20-9-3-1-4-10-20)32-28(36)24-18-34(22-11-5-2-6-12-22)33-26(24)19-8-7-15-30-17-19/h2,5-8,11-18,20H,1,3-4,9-10H2,(H,31,35)(H,32,36). The van der Waals surface area contributed by atoms with Crippen LogP contribution in [0.2, 0.25) is 5.02 Å². The monoisotopic (exact) mass is 499 g/mol. The molecular formula is C28H26ClN5O2. The van der Waals surface area contributed by atoms with Crippen LogP contribution in [0.4, 0.5) is 5.69 Å². The molecule has 2 aromatic carbocycles. The van der Waals surface area contributed by atoms with E-state index in [0.717, 1.165) is 36.9 Å². The predicted octanol–water partition coefficient (Wildman–Crippen LogP) is 5.90. The average molecular weight is 500 g/mol. The number of carbonyl (C=O) groups excluding carboxylic acids is 2. The predicted molar refractivity (Wildman–Crippen MR) is 141 cm³/mol. The number of carbonyl (C=O) groups is 2. The zero-order valence-corrected chi connectivity index (χ0v) is 20.4. The number of rotatable bonds is 6. The zero-order chi connectivity index (χ0) is 24.9. The van der Waals surface area contributed by atoms with Crippen molar-refractivity contribution in [3.8, 4) is 16.9 Å². The summed E-state index contributed by atoms with van der Waals surface area (Å²) in [5.41, 5.74) is 3.26. The van der Waals surface area contributed by atoms with E-state index in [1.165, 1.54) is 6.42 Å². The van der Waals surface area contributed by atoms with Gasteiger partial charge in [0, 0.05) is 35.9 Å². The number of hydrogen-bond acceptors (Lipinski definition) is 4. The van der Waals surface area contributed by atoms with E-state index in [0.29, 0.717) is 27.5 Å². The van der Waals surface area contributed by atoms with Gasteiger partial charge in [-0.1, -0.05) is 49.1 Å². The number of hydrogen-bond donors (Lipinski definition) is 2. The van der Waals surface area contributed by atoms with Crippen LogP contribution in [0, 0.1) is 0 Å². The molecule has 8 heteroatoms. The number of para-hydroxylation sites is 1. The van der Waals surface area contributed by atoms with Crippen molar-refractivity contribution in [2.75, 3.05) is 5.32 Å². The molecule has 2 N–H and O–H groups in total. The molecular weight excluding hydrogens is 474 g/mol. The number of aromatic nitrogens is 3. The Balaban J connectivity index is 1.41. The number of benzene rings is 2. The Hall–Kier alpha value is -3.97. The molecule has 182 valence electrons. The molecule has 0 radical (unpaired) electrons. The summed E-state index contributed by atoms with van der Waals surface area (Å²) in [5.74, 6) is -0.576. The minimum Gasteiger partial charge on any atom is -0.349 e. The third-order valence-corrected chi connectivity index (χ3v) is 6.65. The second kappa shape index (κ2) is 10.7. The van der Waals surface area contributed by atoms with Crippen LogP contribution in [-0.2, 0) is 0 Å². The second-order valence-corrected chi connectivity index (χ2v) is 9.28. The maximum Gasteiger partial charge on any atom is 0.259 e. The molecule has 0 saturated heterocycles. The van der Waals surface area contributed by atoms with Crippen molar-refractivity contribution in [1.82, 2.24) is 20.1 Å². The van der Waals surface area contributed by atoms with E-state index in [1.54, 1.807) is 47.5 Å². The van der Waals surface area contributed by atoms with Gasteiger partial charge in [0.15, 0.2) is 0 Å². The molecule has 2 aromatic heterocycles. The molecule has 1 aliphatic carbocycles. The molecule has 1 aliphatic rings. The Morgan fingerprint density at radius 3 is 2.47 bits per heavy atom. The number of halogens is 1. The lowest BCUT2D eigenvalue weighted by Crippen LogP contribution is -2.36. The molecule has 1 fully saturated rings. The summed E-state index contributed by atoms with van der Waals surface area (Å²) in [6.45, 7) is 0. The summed E-state index contributed by atoms with van der Waals surface area (Å²) in [6.07, 6.45) is 10.4. The van der Waals surface area contributed by atoms with Gasteiger partial charge in [-0.3, -0.25) is 14.6 Å². The summed E-state index contributed by atoms with van der Waals surface area (Å²) in [6, 6.07) is 18.3. The van der Waals surface area contributed by atoms with Crippen LogP contribution in [0.15, 0.2) is 79.3 Å². The van der Waals surface area contributed by atoms with E-state index >= 15 is 0 Å². The van der Waals surface area contributed by atoms with Gasteiger partial charge < -0.3 is 10.6 Å². The van der Waals surface area contributed by atoms with E-state index < -0.39 is 0 Å². The SMILES string of the molecule is O=C(NC1CCCCC1)c1cc(NC(=O)c2cn(-c3ccccc3)nc2-c2cccnc2)ccc1Cl. The van der Waals surface area contributed by atoms with Gasteiger partial charge in [0.2, 0.25) is 0 Å². The van der Waals surface area contributed by atoms with Gasteiger partial charge in [0.25, 0.3) is 11.8 Å². The number of pyridine rings is 1. The number of anilines is 1. The zero-order valence-electron chi connectivity index (χ0n) is 19.7. The minimum absolute atomic E-state index is 0.159. The number of nitrogens with zero attached hydrogens (tertiary/aromatic N) is 3. The first-order chi connectivity index (χ1) is 17.6. The van der Waals surface area contributed by atoms with Gasteiger partial charge in [-0.05, 0) is 55.3 Å². The van der Waals surface area contributed by atoms with Crippen LogP contribution in [0.25, 0.3) is 16.9 Å². The summed E-state index contributed by atoms with van der Waals surface area (Å²) in [7, 11) is 0. The van der Waals surface area contributed by atoms with Crippen molar-refractivity contribution in [2.45, 2.75) is 38.1 Å². The van der Waals surface area contributed by atoms with Crippen LogP contribution in [0.1, 0.15) is 52.8 Å². The van der Waals surface area contributed by atoms with Crippen molar-refractivity contribution in [2.24, 2.45) is 0 Å². The van der Waals surface area contributed by atoms with Gasteiger partial charge in [0.05, 0.1) is 21.8 Å². The van der Waals surface area contributed by atoms with Crippen LogP contribution in [-0.4, -0.2) is 32.6 Å². The lowest BCUT2D eigenvalue weighted by molar-refractivity contribution is 0.0926. The number of amides is 2. The van der Waals surface area contributed by atoms with E-state index in [2.05, 4.69) is 20.7 Å². The van der Waals surface area contributed by atoms with Gasteiger partial charge >= 0.3 is 0 Å². The maximum absolute atomic E-state index is 13.4. The topological polar surface area (TPSA) is 88.9 Å². The third kappa shape index (κ3) is 5.31. The largest absolute Gasteiger partial charge is 0.349 e. The summed E-state index contributed by atoms with van der Waals surface area (Å²) in [4.78, 5) is 30.5. The highest BCUT2D eigenvalue weighted by Crippen LogP contribution is 2.26. The fourth-order valence-electron chi connectivity index (χ4n) is 4.45. The third-order valence-electron chi connectivity index (χ3n) is 6.32. The number of nitrogens with one attached hydrogen (secondary N) is 2. The molecule has 2 heterocycles. The molecule has 5 rings (SSSR count). The van der Waals surface area contributed by atoms with Gasteiger partial charge in [-0.25, -0.2) is 4.68 Å². The summed E-state index contributed by atoms with van der Waals surface area (Å²) >= 11 is 6.34. The first-order valence-corrected chi connectivity index (χ1v) is 12.4. The quantitative estimate of drug-likeness (QED) is 0.345. The Morgan fingerprint density at radius 1 is 0.917 bits per heavy atom. The molecule has 7 nitrogen and oxygen atoms in total. The van der Waals surface area contributed by atoms with E-state index in [9.17, 15) is 9.59 Å². The smallest absolute Gasteiger partial charge is 0.259 e. The minimum atomic E-state index is -0.350. The van der Waals surface area contributed by atoms with Crippen LogP contribution >= 0.6 is 11.6 Å². The lowest BCUT2D eigenvalue weighted by atomic mass is 9.95. The fraction of sp³-hybridized carbons (Fsp3) is 0.214. The Kier molecular flexibility index (Phi) is 7.09. The van der Waals surface area contributed by atoms with Crippen LogP contribution < -0.4 is 10.6 Å². The first kappa shape index (κ1) is 23.8. The van der Waals surface area contributed by atoms with Crippen molar-refractivity contribution in [3.63, 3.8) is 0 Å². The van der Waals surface area contributed by atoms with Crippen molar-refractivity contribution < 1.29 is 9.59 Å². The highest BCUT2D eigenvalue weighted by molar-refractivity contribution is 6.34. The fourth-order valence-corrected chi connectivity index (χ4v) is 4.66. The Morgan fingerprint density at radius 2 is 1.72 bits per heavy atom. The van der Waals surface area contributed by atoms with Gasteiger partial charge in [0.1, 0.15) is 5.69 Å². The van der Waals surface area contributed by atoms with Gasteiger partial charge in [-0.15, -0.1) is 0 Å². The Bertz CT molecular complexity index is 1370. The van der Waals surface area contributed by atoms with E-state index in [1.807, 2.05) is 36.4 Å². The second-order valence-electron chi connectivity index (χ2n) is 8.87. The van der Waals surface area contributed by atoms with E-state index in [-0.39, 0.29) is 17.9 Å². The van der Waals surface area contributed by atoms with Crippen molar-refractivity contribution in [1.29, 1.82) is 0 Å². The van der Waals surface area contributed by atoms with Crippen molar-refractivity contribution in [3.05, 3.63) is 95.4 Å². The van der Waals surface area contributed by atoms with Crippen molar-refractivity contribution >= 4 is 29.1 Å². The lowest BCUT2D eigenvalue weighted by Gasteiger charge is -2.23. The van der Waals surface area contributed by atoms with Crippen LogP contribution in [0.5, 0.6) is 0 Å². The molecule has 2 amide bonds. The van der Waals surface area contributed by atoms with Gasteiger partial charge in [-0.2, -0.15) is 5.10 Å². The molecule has 0 aliphatic heterocycles. The highest BCUT2D eigenvalue weighted by Gasteiger charge is 2.21. The Labute approximate surface area is 214 Å². The molecule has 0 unspecified atom stereocenters. The molecule has 1 saturated carbocycles. The highest BCUT2D eigenvalue weighted by atomic mass is 35.5. The maximum atomic E-state index is 13.4. The summed E-state index contributed by atoms with van der Waals surface area (Å²) in [5, 5.41) is 11.0. The molecule has 36 heavy (non-hydrogen) atoms. The van der Waals surface area contributed by atoms with Crippen LogP contribution in [0.3, 0.4) is 0 Å². The average Bonchev–Trinajstić information content (AvgIpc) is 3.37. The first-order valence-electron chi connectivity index (χ1n) is 12.1.